The Bertz CT molecular complexity index is 525. The van der Waals surface area contributed by atoms with Crippen LogP contribution < -0.4 is 5.73 Å². The molecule has 0 saturated heterocycles. The quantitative estimate of drug-likeness (QED) is 0.761. The molecule has 2 N–H and O–H groups in total. The number of amidine groups is 1. The highest BCUT2D eigenvalue weighted by Gasteiger charge is 2.42. The van der Waals surface area contributed by atoms with Gasteiger partial charge in [-0.25, -0.2) is 9.98 Å². The maximum absolute atomic E-state index is 13.3. The fourth-order valence-corrected chi connectivity index (χ4v) is 2.11. The highest BCUT2D eigenvalue weighted by atomic mass is 19.3. The Balaban J connectivity index is 2.03. The number of aliphatic imine (C=N–C) groups is 2. The Hall–Kier alpha value is -2.05. The number of hydrogen-bond donors (Lipinski definition) is 1. The Morgan fingerprint density at radius 1 is 1.33 bits per heavy atom. The minimum absolute atomic E-state index is 0.142. The van der Waals surface area contributed by atoms with Crippen LogP contribution in [-0.4, -0.2) is 34.3 Å². The molecule has 2 aliphatic heterocycles. The van der Waals surface area contributed by atoms with Crippen LogP contribution in [0.25, 0.3) is 0 Å². The molecule has 0 radical (unpaired) electrons. The van der Waals surface area contributed by atoms with Crippen molar-refractivity contribution in [2.75, 3.05) is 6.54 Å². The summed E-state index contributed by atoms with van der Waals surface area (Å²) in [5.74, 6) is 0.459. The van der Waals surface area contributed by atoms with Crippen LogP contribution >= 0.6 is 0 Å². The third kappa shape index (κ3) is 1.71. The number of halogens is 2. The number of nitrogens with zero attached hydrogens (tertiary/aromatic N) is 4. The second-order valence-corrected chi connectivity index (χ2v) is 4.21. The van der Waals surface area contributed by atoms with Gasteiger partial charge in [-0.05, 0) is 17.7 Å². The lowest BCUT2D eigenvalue weighted by molar-refractivity contribution is -0.00786. The van der Waals surface area contributed by atoms with E-state index >= 15 is 0 Å². The Morgan fingerprint density at radius 2 is 2.06 bits per heavy atom. The van der Waals surface area contributed by atoms with Crippen LogP contribution in [0.3, 0.4) is 0 Å². The van der Waals surface area contributed by atoms with E-state index in [-0.39, 0.29) is 24.8 Å². The molecule has 0 fully saturated rings. The van der Waals surface area contributed by atoms with Crippen LogP contribution in [-0.2, 0) is 0 Å². The predicted molar refractivity (Wildman–Crippen MR) is 62.3 cm³/mol. The summed E-state index contributed by atoms with van der Waals surface area (Å²) in [6, 6.07) is -0.142. The summed E-state index contributed by atoms with van der Waals surface area (Å²) in [5, 5.41) is 0. The second-order valence-electron chi connectivity index (χ2n) is 4.21. The summed E-state index contributed by atoms with van der Waals surface area (Å²) in [6.45, 7) is 0.142. The standard InChI is InChI=1S/C11H11F2N5/c12-11(13)3-6-18-9(17-11)8(16-10(18)14)7-1-4-15-5-2-7/h1-2,4-5,8H,3,6H2,(H2,14,16). The predicted octanol–water partition coefficient (Wildman–Crippen LogP) is 1.15. The van der Waals surface area contributed by atoms with E-state index < -0.39 is 12.1 Å². The van der Waals surface area contributed by atoms with Crippen molar-refractivity contribution in [2.24, 2.45) is 15.7 Å². The number of aromatic nitrogens is 1. The van der Waals surface area contributed by atoms with Gasteiger partial charge >= 0.3 is 6.05 Å². The lowest BCUT2D eigenvalue weighted by Gasteiger charge is -2.28. The summed E-state index contributed by atoms with van der Waals surface area (Å²) < 4.78 is 26.7. The number of alkyl halides is 2. The van der Waals surface area contributed by atoms with Crippen molar-refractivity contribution in [1.82, 2.24) is 9.88 Å². The largest absolute Gasteiger partial charge is 0.369 e. The Morgan fingerprint density at radius 3 is 2.78 bits per heavy atom. The molecule has 0 bridgehead atoms. The highest BCUT2D eigenvalue weighted by molar-refractivity contribution is 6.07. The van der Waals surface area contributed by atoms with E-state index in [1.807, 2.05) is 0 Å². The van der Waals surface area contributed by atoms with Gasteiger partial charge in [0.05, 0.1) is 6.42 Å². The maximum atomic E-state index is 13.3. The zero-order valence-electron chi connectivity index (χ0n) is 9.42. The van der Waals surface area contributed by atoms with E-state index in [4.69, 9.17) is 5.73 Å². The smallest absolute Gasteiger partial charge is 0.345 e. The second kappa shape index (κ2) is 3.72. The van der Waals surface area contributed by atoms with Crippen molar-refractivity contribution < 1.29 is 8.78 Å². The molecular formula is C11H11F2N5. The van der Waals surface area contributed by atoms with E-state index in [2.05, 4.69) is 15.0 Å². The topological polar surface area (TPSA) is 66.9 Å². The van der Waals surface area contributed by atoms with Crippen LogP contribution in [0, 0.1) is 0 Å². The van der Waals surface area contributed by atoms with Gasteiger partial charge in [0.1, 0.15) is 11.9 Å². The van der Waals surface area contributed by atoms with Gasteiger partial charge in [-0.2, -0.15) is 8.78 Å². The first-order valence-electron chi connectivity index (χ1n) is 5.55. The minimum Gasteiger partial charge on any atom is -0.369 e. The normalized spacial score (nSPS) is 25.4. The zero-order valence-corrected chi connectivity index (χ0v) is 9.42. The average molecular weight is 251 g/mol. The average Bonchev–Trinajstić information content (AvgIpc) is 2.66. The van der Waals surface area contributed by atoms with Gasteiger partial charge in [0.15, 0.2) is 5.96 Å². The molecule has 0 amide bonds. The summed E-state index contributed by atoms with van der Waals surface area (Å²) in [7, 11) is 0. The van der Waals surface area contributed by atoms with Gasteiger partial charge in [0.2, 0.25) is 0 Å². The number of guanidine groups is 1. The first-order chi connectivity index (χ1) is 8.57. The molecule has 18 heavy (non-hydrogen) atoms. The van der Waals surface area contributed by atoms with E-state index in [1.54, 1.807) is 29.4 Å². The first kappa shape index (κ1) is 11.1. The van der Waals surface area contributed by atoms with Crippen molar-refractivity contribution in [3.05, 3.63) is 30.1 Å². The summed E-state index contributed by atoms with van der Waals surface area (Å²) in [6.07, 6.45) is 2.84. The van der Waals surface area contributed by atoms with Crippen molar-refractivity contribution in [2.45, 2.75) is 18.5 Å². The molecule has 94 valence electrons. The lowest BCUT2D eigenvalue weighted by Crippen LogP contribution is -2.45. The van der Waals surface area contributed by atoms with Crippen LogP contribution in [0.1, 0.15) is 18.0 Å². The number of rotatable bonds is 1. The fraction of sp³-hybridized carbons (Fsp3) is 0.364. The van der Waals surface area contributed by atoms with Crippen molar-refractivity contribution >= 4 is 11.8 Å². The van der Waals surface area contributed by atoms with Crippen LogP contribution in [0.5, 0.6) is 0 Å². The molecule has 1 aromatic rings. The number of nitrogens with two attached hydrogens (primary N) is 1. The summed E-state index contributed by atoms with van der Waals surface area (Å²) in [4.78, 5) is 13.1. The van der Waals surface area contributed by atoms with Gasteiger partial charge in [-0.1, -0.05) is 0 Å². The molecule has 0 saturated carbocycles. The number of pyridine rings is 1. The van der Waals surface area contributed by atoms with Crippen LogP contribution in [0.2, 0.25) is 0 Å². The third-order valence-electron chi connectivity index (χ3n) is 3.00. The molecule has 1 unspecified atom stereocenters. The molecule has 1 atom stereocenters. The lowest BCUT2D eigenvalue weighted by atomic mass is 10.1. The Labute approximate surface area is 102 Å². The number of fused-ring (bicyclic) bond motifs is 1. The van der Waals surface area contributed by atoms with E-state index in [0.717, 1.165) is 5.56 Å². The van der Waals surface area contributed by atoms with Crippen molar-refractivity contribution in [1.29, 1.82) is 0 Å². The molecule has 1 aromatic heterocycles. The van der Waals surface area contributed by atoms with Gasteiger partial charge in [-0.3, -0.25) is 9.88 Å². The highest BCUT2D eigenvalue weighted by Crippen LogP contribution is 2.34. The molecule has 2 aliphatic rings. The molecule has 3 heterocycles. The van der Waals surface area contributed by atoms with Crippen LogP contribution in [0.4, 0.5) is 8.78 Å². The maximum Gasteiger partial charge on any atom is 0.345 e. The van der Waals surface area contributed by atoms with E-state index in [9.17, 15) is 8.78 Å². The van der Waals surface area contributed by atoms with Crippen molar-refractivity contribution in [3.8, 4) is 0 Å². The summed E-state index contributed by atoms with van der Waals surface area (Å²) >= 11 is 0. The summed E-state index contributed by atoms with van der Waals surface area (Å²) in [5.41, 5.74) is 6.50. The van der Waals surface area contributed by atoms with Crippen molar-refractivity contribution in [3.63, 3.8) is 0 Å². The van der Waals surface area contributed by atoms with E-state index in [0.29, 0.717) is 0 Å². The number of hydrogen-bond acceptors (Lipinski definition) is 5. The zero-order chi connectivity index (χ0) is 12.8. The van der Waals surface area contributed by atoms with Crippen LogP contribution in [0.15, 0.2) is 34.5 Å². The minimum atomic E-state index is -3.03. The molecular weight excluding hydrogens is 240 g/mol. The molecule has 3 rings (SSSR count). The molecule has 7 heteroatoms. The van der Waals surface area contributed by atoms with Gasteiger partial charge in [0.25, 0.3) is 0 Å². The SMILES string of the molecule is NC1=NC(c2ccncc2)C2=NC(F)(F)CCN12. The molecule has 0 aliphatic carbocycles. The molecule has 0 spiro atoms. The van der Waals surface area contributed by atoms with E-state index in [1.165, 1.54) is 0 Å². The molecule has 5 nitrogen and oxygen atoms in total. The fourth-order valence-electron chi connectivity index (χ4n) is 2.11. The Kier molecular flexibility index (Phi) is 2.29. The van der Waals surface area contributed by atoms with Gasteiger partial charge in [0, 0.05) is 18.9 Å². The van der Waals surface area contributed by atoms with Gasteiger partial charge < -0.3 is 5.73 Å². The third-order valence-corrected chi connectivity index (χ3v) is 3.00. The van der Waals surface area contributed by atoms with Gasteiger partial charge in [-0.15, -0.1) is 0 Å². The first-order valence-corrected chi connectivity index (χ1v) is 5.55. The molecule has 0 aromatic carbocycles. The monoisotopic (exact) mass is 251 g/mol.